The van der Waals surface area contributed by atoms with Crippen LogP contribution < -0.4 is 14.7 Å². The highest BCUT2D eigenvalue weighted by Gasteiger charge is 2.55. The van der Waals surface area contributed by atoms with E-state index in [1.54, 1.807) is 0 Å². The van der Waals surface area contributed by atoms with Gasteiger partial charge in [0, 0.05) is 67.4 Å². The highest BCUT2D eigenvalue weighted by molar-refractivity contribution is 6.36. The average molecular weight is 601 g/mol. The van der Waals surface area contributed by atoms with Crippen molar-refractivity contribution in [2.75, 3.05) is 68.1 Å². The van der Waals surface area contributed by atoms with Crippen molar-refractivity contribution in [1.82, 2.24) is 19.8 Å². The molecule has 0 spiro atoms. The van der Waals surface area contributed by atoms with Crippen molar-refractivity contribution in [3.63, 3.8) is 0 Å². The number of anilines is 3. The summed E-state index contributed by atoms with van der Waals surface area (Å²) in [6, 6.07) is 14.1. The molecule has 3 fully saturated rings. The van der Waals surface area contributed by atoms with Crippen LogP contribution >= 0.6 is 11.6 Å². The molecule has 7 rings (SSSR count). The van der Waals surface area contributed by atoms with Crippen molar-refractivity contribution in [2.24, 2.45) is 5.92 Å². The van der Waals surface area contributed by atoms with E-state index in [-0.39, 0.29) is 6.42 Å². The molecule has 1 aromatic heterocycles. The molecule has 2 aromatic carbocycles. The van der Waals surface area contributed by atoms with E-state index in [2.05, 4.69) is 64.0 Å². The first-order valence-electron chi connectivity index (χ1n) is 15.1. The minimum Gasteiger partial charge on any atom is -0.465 e. The Kier molecular flexibility index (Phi) is 6.98. The van der Waals surface area contributed by atoms with Gasteiger partial charge < -0.3 is 29.6 Å². The lowest BCUT2D eigenvalue weighted by Crippen LogP contribution is -2.58. The number of fused-ring (bicyclic) bond motifs is 2. The van der Waals surface area contributed by atoms with Crippen LogP contribution in [0.4, 0.5) is 22.2 Å². The van der Waals surface area contributed by atoms with E-state index < -0.39 is 12.1 Å². The molecule has 0 bridgehead atoms. The lowest BCUT2D eigenvalue weighted by molar-refractivity contribution is 0.119. The van der Waals surface area contributed by atoms with Crippen LogP contribution in [0.25, 0.3) is 10.8 Å². The number of carbonyl (C=O) groups is 1. The number of aromatic nitrogens is 2. The summed E-state index contributed by atoms with van der Waals surface area (Å²) in [5.74, 6) is 2.23. The lowest BCUT2D eigenvalue weighted by Gasteiger charge is -2.47. The van der Waals surface area contributed by atoms with Gasteiger partial charge >= 0.3 is 6.09 Å². The second-order valence-electron chi connectivity index (χ2n) is 12.6. The summed E-state index contributed by atoms with van der Waals surface area (Å²) in [5.41, 5.74) is 3.53. The van der Waals surface area contributed by atoms with Crippen LogP contribution in [0.5, 0.6) is 0 Å². The maximum absolute atomic E-state index is 11.9. The number of hydrogen-bond donors (Lipinski definition) is 1. The van der Waals surface area contributed by atoms with Crippen molar-refractivity contribution in [2.45, 2.75) is 43.8 Å². The summed E-state index contributed by atoms with van der Waals surface area (Å²) in [6.45, 7) is 4.61. The Morgan fingerprint density at radius 1 is 1.07 bits per heavy atom. The molecule has 1 aliphatic carbocycles. The van der Waals surface area contributed by atoms with Crippen LogP contribution in [0.2, 0.25) is 5.02 Å². The lowest BCUT2D eigenvalue weighted by atomic mass is 9.88. The number of carboxylic acid groups (broad SMARTS) is 1. The second-order valence-corrected chi connectivity index (χ2v) is 13.0. The molecule has 11 heteroatoms. The number of piperazine rings is 1. The molecule has 3 aromatic rings. The van der Waals surface area contributed by atoms with Crippen LogP contribution in [0.1, 0.15) is 30.5 Å². The summed E-state index contributed by atoms with van der Waals surface area (Å²) >= 11 is 6.71. The van der Waals surface area contributed by atoms with Gasteiger partial charge in [0.05, 0.1) is 35.8 Å². The first kappa shape index (κ1) is 28.0. The fourth-order valence-corrected chi connectivity index (χ4v) is 7.73. The molecule has 1 saturated carbocycles. The summed E-state index contributed by atoms with van der Waals surface area (Å²) in [5, 5.41) is 22.1. The maximum atomic E-state index is 11.9. The van der Waals surface area contributed by atoms with Gasteiger partial charge in [-0.05, 0) is 50.9 Å². The number of hydrogen-bond acceptors (Lipinski definition) is 8. The highest BCUT2D eigenvalue weighted by atomic mass is 35.5. The number of benzene rings is 2. The van der Waals surface area contributed by atoms with E-state index >= 15 is 0 Å². The number of rotatable bonds is 6. The Balaban J connectivity index is 1.23. The topological polar surface area (TPSA) is 103 Å². The van der Waals surface area contributed by atoms with Crippen molar-refractivity contribution < 1.29 is 9.90 Å². The predicted molar refractivity (Wildman–Crippen MR) is 168 cm³/mol. The van der Waals surface area contributed by atoms with Gasteiger partial charge in [-0.3, -0.25) is 0 Å². The van der Waals surface area contributed by atoms with Crippen LogP contribution in [0.15, 0.2) is 36.4 Å². The monoisotopic (exact) mass is 600 g/mol. The summed E-state index contributed by atoms with van der Waals surface area (Å²) in [6.07, 6.45) is 2.42. The van der Waals surface area contributed by atoms with Crippen LogP contribution in [0.3, 0.4) is 0 Å². The van der Waals surface area contributed by atoms with E-state index in [9.17, 15) is 15.2 Å². The molecule has 1 N–H and O–H groups in total. The normalized spacial score (nSPS) is 21.5. The number of nitriles is 1. The Morgan fingerprint density at radius 2 is 1.84 bits per heavy atom. The number of halogens is 1. The van der Waals surface area contributed by atoms with Gasteiger partial charge in [0.1, 0.15) is 5.82 Å². The first-order chi connectivity index (χ1) is 20.8. The van der Waals surface area contributed by atoms with Gasteiger partial charge in [-0.25, -0.2) is 9.78 Å². The van der Waals surface area contributed by atoms with Crippen LogP contribution in [-0.2, 0) is 13.0 Å². The maximum Gasteiger partial charge on any atom is 0.407 e. The molecule has 1 atom stereocenters. The van der Waals surface area contributed by atoms with E-state index in [0.29, 0.717) is 37.6 Å². The van der Waals surface area contributed by atoms with Crippen LogP contribution in [0, 0.1) is 17.2 Å². The quantitative estimate of drug-likeness (QED) is 0.439. The van der Waals surface area contributed by atoms with Crippen molar-refractivity contribution in [1.29, 1.82) is 5.26 Å². The molecule has 10 nitrogen and oxygen atoms in total. The molecule has 224 valence electrons. The van der Waals surface area contributed by atoms with E-state index in [0.717, 1.165) is 70.6 Å². The van der Waals surface area contributed by atoms with Crippen molar-refractivity contribution >= 4 is 45.9 Å². The minimum absolute atomic E-state index is 0.152. The third-order valence-electron chi connectivity index (χ3n) is 10.1. The summed E-state index contributed by atoms with van der Waals surface area (Å²) < 4.78 is 0. The molecule has 1 unspecified atom stereocenters. The Labute approximate surface area is 257 Å². The minimum atomic E-state index is -0.976. The second kappa shape index (κ2) is 10.7. The third kappa shape index (κ3) is 4.79. The fourth-order valence-electron chi connectivity index (χ4n) is 7.46. The molecular weight excluding hydrogens is 564 g/mol. The number of nitrogens with zero attached hydrogens (tertiary/aromatic N) is 8. The molecule has 4 aliphatic rings. The predicted octanol–water partition coefficient (Wildman–Crippen LogP) is 4.46. The molecule has 3 aliphatic heterocycles. The zero-order valence-electron chi connectivity index (χ0n) is 24.7. The van der Waals surface area contributed by atoms with E-state index in [4.69, 9.17) is 21.6 Å². The van der Waals surface area contributed by atoms with Gasteiger partial charge in [0.2, 0.25) is 5.95 Å². The van der Waals surface area contributed by atoms with E-state index in [1.165, 1.54) is 17.7 Å². The highest BCUT2D eigenvalue weighted by Crippen LogP contribution is 2.50. The Bertz CT molecular complexity index is 1610. The van der Waals surface area contributed by atoms with Gasteiger partial charge in [-0.2, -0.15) is 10.2 Å². The molecule has 2 saturated heterocycles. The SMILES string of the molecule is CN(C)C1(C2CN(c3nc4c(c(N5CCN(C(=O)O)C(CC#N)C5)n3)CCN(c3cccc5cccc(Cl)c35)C4)C2)CC1. The third-order valence-corrected chi connectivity index (χ3v) is 10.5. The van der Waals surface area contributed by atoms with Gasteiger partial charge in [-0.1, -0.05) is 35.9 Å². The molecular formula is C32H37ClN8O2. The van der Waals surface area contributed by atoms with Gasteiger partial charge in [-0.15, -0.1) is 0 Å². The first-order valence-corrected chi connectivity index (χ1v) is 15.5. The van der Waals surface area contributed by atoms with Gasteiger partial charge in [0.15, 0.2) is 0 Å². The summed E-state index contributed by atoms with van der Waals surface area (Å²) in [4.78, 5) is 32.9. The Morgan fingerprint density at radius 3 is 2.53 bits per heavy atom. The van der Waals surface area contributed by atoms with Crippen molar-refractivity contribution in [3.8, 4) is 6.07 Å². The molecule has 43 heavy (non-hydrogen) atoms. The largest absolute Gasteiger partial charge is 0.465 e. The average Bonchev–Trinajstić information content (AvgIpc) is 3.77. The molecule has 0 radical (unpaired) electrons. The van der Waals surface area contributed by atoms with Crippen molar-refractivity contribution in [3.05, 3.63) is 52.7 Å². The zero-order chi connectivity index (χ0) is 29.9. The molecule has 4 heterocycles. The van der Waals surface area contributed by atoms with E-state index in [1.807, 2.05) is 12.1 Å². The zero-order valence-corrected chi connectivity index (χ0v) is 25.5. The summed E-state index contributed by atoms with van der Waals surface area (Å²) in [7, 11) is 4.37. The smallest absolute Gasteiger partial charge is 0.407 e. The Hall–Kier alpha value is -3.81. The fraction of sp³-hybridized carbons (Fsp3) is 0.500. The van der Waals surface area contributed by atoms with Crippen LogP contribution in [-0.4, -0.2) is 95.9 Å². The molecule has 1 amide bonds. The number of amides is 1. The standard InChI is InChI=1S/C32H37ClN8O2/c1-37(2)32(11-12-32)22-17-40(18-22)30-35-26-20-38(27-8-4-6-21-5-3-7-25(33)28(21)27)14-10-24(26)29(36-30)39-15-16-41(31(42)43)23(19-39)9-13-34/h3-8,22-23H,9-12,14-20H2,1-2H3,(H,42,43). The van der Waals surface area contributed by atoms with Gasteiger partial charge in [0.25, 0.3) is 0 Å².